The summed E-state index contributed by atoms with van der Waals surface area (Å²) >= 11 is 6.00. The average molecular weight is 546 g/mol. The number of nitrogens with one attached hydrogen (secondary N) is 1. The number of piperidine rings is 1. The maximum absolute atomic E-state index is 12.7. The van der Waals surface area contributed by atoms with Crippen LogP contribution in [0.15, 0.2) is 61.4 Å². The van der Waals surface area contributed by atoms with E-state index in [0.717, 1.165) is 24.0 Å². The van der Waals surface area contributed by atoms with Crippen molar-refractivity contribution >= 4 is 40.3 Å². The van der Waals surface area contributed by atoms with Crippen molar-refractivity contribution in [2.24, 2.45) is 0 Å². The fraction of sp³-hybridized carbons (Fsp3) is 0.250. The number of ether oxygens (including phenoxy) is 1. The largest absolute Gasteiger partial charge is 0.496 e. The van der Waals surface area contributed by atoms with Gasteiger partial charge in [0.05, 0.1) is 24.1 Å². The van der Waals surface area contributed by atoms with Crippen LogP contribution >= 0.6 is 11.6 Å². The average Bonchev–Trinajstić information content (AvgIpc) is 3.36. The van der Waals surface area contributed by atoms with Crippen LogP contribution in [0.5, 0.6) is 5.75 Å². The molecular formula is C28H28ClN7O3. The van der Waals surface area contributed by atoms with Gasteiger partial charge in [0, 0.05) is 30.2 Å². The predicted molar refractivity (Wildman–Crippen MR) is 149 cm³/mol. The molecule has 0 spiro atoms. The second-order valence-corrected chi connectivity index (χ2v) is 9.70. The molecule has 1 aliphatic heterocycles. The molecule has 1 saturated heterocycles. The van der Waals surface area contributed by atoms with E-state index in [1.807, 2.05) is 28.9 Å². The second kappa shape index (κ2) is 11.1. The summed E-state index contributed by atoms with van der Waals surface area (Å²) in [4.78, 5) is 35.4. The van der Waals surface area contributed by atoms with Gasteiger partial charge in [0.2, 0.25) is 5.91 Å². The molecule has 1 aliphatic rings. The first kappa shape index (κ1) is 26.2. The molecule has 2 aromatic heterocycles. The minimum atomic E-state index is -0.265. The molecule has 4 aromatic rings. The van der Waals surface area contributed by atoms with Crippen molar-refractivity contribution in [3.8, 4) is 17.0 Å². The topological polar surface area (TPSA) is 128 Å². The first-order valence-corrected chi connectivity index (χ1v) is 12.9. The highest BCUT2D eigenvalue weighted by atomic mass is 35.5. The molecule has 200 valence electrons. The number of rotatable bonds is 7. The van der Waals surface area contributed by atoms with Crippen LogP contribution in [-0.4, -0.2) is 56.7 Å². The van der Waals surface area contributed by atoms with Crippen LogP contribution in [0.2, 0.25) is 5.02 Å². The summed E-state index contributed by atoms with van der Waals surface area (Å²) in [7, 11) is 1.50. The molecule has 10 nitrogen and oxygen atoms in total. The number of hydrogen-bond acceptors (Lipinski definition) is 7. The molecule has 39 heavy (non-hydrogen) atoms. The van der Waals surface area contributed by atoms with Crippen LogP contribution in [0.1, 0.15) is 34.8 Å². The molecule has 3 N–H and O–H groups in total. The Bertz CT molecular complexity index is 1550. The number of aromatic nitrogens is 4. The first-order chi connectivity index (χ1) is 18.9. The van der Waals surface area contributed by atoms with Crippen LogP contribution in [-0.2, 0) is 11.3 Å². The zero-order valence-electron chi connectivity index (χ0n) is 21.4. The van der Waals surface area contributed by atoms with Gasteiger partial charge in [-0.05, 0) is 42.7 Å². The third-order valence-electron chi connectivity index (χ3n) is 6.84. The summed E-state index contributed by atoms with van der Waals surface area (Å²) in [6, 6.07) is 12.5. The minimum absolute atomic E-state index is 0.0486. The molecule has 1 unspecified atom stereocenters. The Kier molecular flexibility index (Phi) is 7.47. The van der Waals surface area contributed by atoms with Gasteiger partial charge in [-0.2, -0.15) is 5.10 Å². The maximum atomic E-state index is 12.7. The highest BCUT2D eigenvalue weighted by Gasteiger charge is 2.28. The van der Waals surface area contributed by atoms with Crippen LogP contribution in [0.25, 0.3) is 22.3 Å². The number of hydrogen-bond donors (Lipinski definition) is 2. The van der Waals surface area contributed by atoms with Crippen molar-refractivity contribution in [2.75, 3.05) is 25.9 Å². The van der Waals surface area contributed by atoms with Gasteiger partial charge >= 0.3 is 0 Å². The van der Waals surface area contributed by atoms with Crippen molar-refractivity contribution in [1.29, 1.82) is 0 Å². The second-order valence-electron chi connectivity index (χ2n) is 9.26. The number of anilines is 1. The molecule has 1 atom stereocenters. The van der Waals surface area contributed by atoms with Gasteiger partial charge in [-0.3, -0.25) is 9.59 Å². The monoisotopic (exact) mass is 545 g/mol. The normalized spacial score (nSPS) is 15.2. The van der Waals surface area contributed by atoms with Gasteiger partial charge in [0.1, 0.15) is 23.6 Å². The lowest BCUT2D eigenvalue weighted by molar-refractivity contribution is -0.127. The summed E-state index contributed by atoms with van der Waals surface area (Å²) in [6.07, 6.45) is 4.48. The number of halogens is 1. The molecule has 3 heterocycles. The van der Waals surface area contributed by atoms with Gasteiger partial charge in [-0.1, -0.05) is 42.4 Å². The van der Waals surface area contributed by atoms with Crippen molar-refractivity contribution in [3.05, 3.63) is 77.6 Å². The van der Waals surface area contributed by atoms with Crippen LogP contribution in [0.4, 0.5) is 5.82 Å². The number of likely N-dealkylation sites (tertiary alicyclic amines) is 1. The van der Waals surface area contributed by atoms with Crippen LogP contribution in [0, 0.1) is 0 Å². The Morgan fingerprint density at radius 2 is 2.03 bits per heavy atom. The maximum Gasteiger partial charge on any atom is 0.255 e. The third-order valence-corrected chi connectivity index (χ3v) is 7.07. The SMILES string of the molecule is C=CC(=O)N1CCCC(n2nc(-c3ccc(CNC(=O)c4ccc(Cl)cc4OC)cc3)c3c(N)ncnc32)C1. The molecule has 0 saturated carbocycles. The first-order valence-electron chi connectivity index (χ1n) is 12.5. The zero-order valence-corrected chi connectivity index (χ0v) is 22.2. The van der Waals surface area contributed by atoms with Crippen LogP contribution < -0.4 is 15.8 Å². The van der Waals surface area contributed by atoms with Crippen molar-refractivity contribution < 1.29 is 14.3 Å². The summed E-state index contributed by atoms with van der Waals surface area (Å²) in [6.45, 7) is 5.13. The highest BCUT2D eigenvalue weighted by molar-refractivity contribution is 6.30. The zero-order chi connectivity index (χ0) is 27.5. The minimum Gasteiger partial charge on any atom is -0.496 e. The number of benzene rings is 2. The number of amides is 2. The Morgan fingerprint density at radius 1 is 1.23 bits per heavy atom. The van der Waals surface area contributed by atoms with E-state index in [2.05, 4.69) is 21.9 Å². The molecule has 11 heteroatoms. The Balaban J connectivity index is 1.38. The summed E-state index contributed by atoms with van der Waals surface area (Å²) in [5, 5.41) is 8.98. The number of carbonyl (C=O) groups excluding carboxylic acids is 2. The predicted octanol–water partition coefficient (Wildman–Crippen LogP) is 4.02. The fourth-order valence-corrected chi connectivity index (χ4v) is 5.01. The smallest absolute Gasteiger partial charge is 0.255 e. The van der Waals surface area contributed by atoms with E-state index in [9.17, 15) is 9.59 Å². The van der Waals surface area contributed by atoms with E-state index in [-0.39, 0.29) is 17.9 Å². The van der Waals surface area contributed by atoms with E-state index in [0.29, 0.717) is 58.5 Å². The molecule has 0 aliphatic carbocycles. The van der Waals surface area contributed by atoms with E-state index >= 15 is 0 Å². The van der Waals surface area contributed by atoms with E-state index in [1.165, 1.54) is 19.5 Å². The number of methoxy groups -OCH3 is 1. The number of nitrogens with two attached hydrogens (primary N) is 1. The number of fused-ring (bicyclic) bond motifs is 1. The third kappa shape index (κ3) is 5.28. The van der Waals surface area contributed by atoms with Gasteiger partial charge in [0.15, 0.2) is 5.65 Å². The molecule has 0 bridgehead atoms. The lowest BCUT2D eigenvalue weighted by atomic mass is 10.1. The summed E-state index contributed by atoms with van der Waals surface area (Å²) in [5.74, 6) is 0.387. The standard InChI is InChI=1S/C28H28ClN7O3/c1-3-23(37)35-12-4-5-20(15-35)36-27-24(26(30)32-16-33-27)25(34-36)18-8-6-17(7-9-18)14-31-28(38)21-11-10-19(29)13-22(21)39-2/h3,6-11,13,16,20H,1,4-5,12,14-15H2,2H3,(H,31,38)(H2,30,32,33). The van der Waals surface area contributed by atoms with Crippen molar-refractivity contribution in [1.82, 2.24) is 30.0 Å². The Labute approximate surface area is 230 Å². The van der Waals surface area contributed by atoms with Crippen molar-refractivity contribution in [3.63, 3.8) is 0 Å². The number of nitrogens with zero attached hydrogens (tertiary/aromatic N) is 5. The lowest BCUT2D eigenvalue weighted by Crippen LogP contribution is -2.40. The molecule has 2 amide bonds. The van der Waals surface area contributed by atoms with Crippen LogP contribution in [0.3, 0.4) is 0 Å². The van der Waals surface area contributed by atoms with E-state index in [4.69, 9.17) is 27.2 Å². The molecule has 5 rings (SSSR count). The Morgan fingerprint density at radius 3 is 2.77 bits per heavy atom. The lowest BCUT2D eigenvalue weighted by Gasteiger charge is -2.32. The number of carbonyl (C=O) groups is 2. The van der Waals surface area contributed by atoms with Gasteiger partial charge in [0.25, 0.3) is 5.91 Å². The van der Waals surface area contributed by atoms with E-state index in [1.54, 1.807) is 23.1 Å². The molecule has 2 aromatic carbocycles. The fourth-order valence-electron chi connectivity index (χ4n) is 4.85. The van der Waals surface area contributed by atoms with Gasteiger partial charge < -0.3 is 20.7 Å². The van der Waals surface area contributed by atoms with E-state index < -0.39 is 0 Å². The Hall–Kier alpha value is -4.44. The highest BCUT2D eigenvalue weighted by Crippen LogP contribution is 2.34. The van der Waals surface area contributed by atoms with Gasteiger partial charge in [-0.15, -0.1) is 0 Å². The number of nitrogen functional groups attached to an aromatic ring is 1. The van der Waals surface area contributed by atoms with Crippen molar-refractivity contribution in [2.45, 2.75) is 25.4 Å². The molecular weight excluding hydrogens is 518 g/mol. The summed E-state index contributed by atoms with van der Waals surface area (Å²) in [5.41, 5.74) is 9.72. The summed E-state index contributed by atoms with van der Waals surface area (Å²) < 4.78 is 7.14. The molecule has 1 fully saturated rings. The van der Waals surface area contributed by atoms with Gasteiger partial charge in [-0.25, -0.2) is 14.6 Å². The quantitative estimate of drug-likeness (QED) is 0.336. The molecule has 0 radical (unpaired) electrons.